The number of rotatable bonds is 5. The Hall–Kier alpha value is -1.42. The van der Waals surface area contributed by atoms with Crippen LogP contribution in [0.5, 0.6) is 0 Å². The Balaban J connectivity index is 2.06. The van der Waals surface area contributed by atoms with Gasteiger partial charge in [-0.25, -0.2) is 0 Å². The van der Waals surface area contributed by atoms with Crippen LogP contribution in [-0.4, -0.2) is 26.1 Å². The fourth-order valence-corrected chi connectivity index (χ4v) is 8.36. The topological polar surface area (TPSA) is 29.5 Å². The van der Waals surface area contributed by atoms with Crippen LogP contribution in [0.1, 0.15) is 33.6 Å². The Morgan fingerprint density at radius 3 is 1.75 bits per heavy atom. The molecule has 24 heavy (non-hydrogen) atoms. The van der Waals surface area contributed by atoms with Crippen molar-refractivity contribution in [3.05, 3.63) is 60.7 Å². The molecule has 3 heteroatoms. The maximum Gasteiger partial charge on any atom is 0.261 e. The van der Waals surface area contributed by atoms with Crippen LogP contribution < -0.4 is 10.4 Å². The summed E-state index contributed by atoms with van der Waals surface area (Å²) in [4.78, 5) is 0. The molecule has 1 N–H and O–H groups in total. The molecule has 1 aliphatic carbocycles. The monoisotopic (exact) mass is 340 g/mol. The van der Waals surface area contributed by atoms with Gasteiger partial charge in [-0.05, 0) is 28.3 Å². The van der Waals surface area contributed by atoms with Crippen molar-refractivity contribution < 1.29 is 9.53 Å². The molecule has 2 nitrogen and oxygen atoms in total. The standard InChI is InChI=1S/C21H28O2Si/c1-21(2,3)24(18-10-6-4-7-11-18,19-12-8-5-9-13-19)23-16-17-14-15-20(17)22/h4-13,17,20,22H,14-16H2,1-3H3/t17-,20-/m0/s1. The Morgan fingerprint density at radius 1 is 0.917 bits per heavy atom. The SMILES string of the molecule is CC(C)(C)[Si](OC[C@@H]1CC[C@@H]1O)(c1ccccc1)c1ccccc1. The minimum absolute atomic E-state index is 0.00437. The molecule has 2 atom stereocenters. The molecule has 0 unspecified atom stereocenters. The Bertz CT molecular complexity index is 609. The third-order valence-corrected chi connectivity index (χ3v) is 10.3. The van der Waals surface area contributed by atoms with Crippen LogP contribution in [0.3, 0.4) is 0 Å². The molecule has 2 aromatic rings. The molecule has 2 aromatic carbocycles. The largest absolute Gasteiger partial charge is 0.407 e. The molecule has 0 aliphatic heterocycles. The van der Waals surface area contributed by atoms with Crippen molar-refractivity contribution in [2.75, 3.05) is 6.61 Å². The zero-order valence-corrected chi connectivity index (χ0v) is 15.9. The first-order valence-electron chi connectivity index (χ1n) is 8.88. The number of hydrogen-bond donors (Lipinski definition) is 1. The minimum Gasteiger partial charge on any atom is -0.407 e. The summed E-state index contributed by atoms with van der Waals surface area (Å²) in [6.45, 7) is 7.51. The molecular formula is C21H28O2Si. The summed E-state index contributed by atoms with van der Waals surface area (Å²) < 4.78 is 6.82. The first kappa shape index (κ1) is 17.4. The molecule has 3 rings (SSSR count). The summed E-state index contributed by atoms with van der Waals surface area (Å²) >= 11 is 0. The first-order valence-corrected chi connectivity index (χ1v) is 10.8. The molecule has 0 radical (unpaired) electrons. The maximum atomic E-state index is 9.98. The van der Waals surface area contributed by atoms with Crippen molar-refractivity contribution in [3.63, 3.8) is 0 Å². The highest BCUT2D eigenvalue weighted by atomic mass is 28.4. The van der Waals surface area contributed by atoms with Crippen LogP contribution in [-0.2, 0) is 4.43 Å². The van der Waals surface area contributed by atoms with Crippen molar-refractivity contribution >= 4 is 18.7 Å². The van der Waals surface area contributed by atoms with Crippen molar-refractivity contribution in [1.82, 2.24) is 0 Å². The van der Waals surface area contributed by atoms with E-state index in [1.54, 1.807) is 0 Å². The minimum atomic E-state index is -2.44. The number of benzene rings is 2. The van der Waals surface area contributed by atoms with Crippen LogP contribution in [0, 0.1) is 5.92 Å². The lowest BCUT2D eigenvalue weighted by atomic mass is 9.83. The van der Waals surface area contributed by atoms with E-state index in [0.29, 0.717) is 6.61 Å². The predicted molar refractivity (Wildman–Crippen MR) is 102 cm³/mol. The van der Waals surface area contributed by atoms with E-state index in [1.165, 1.54) is 10.4 Å². The number of aliphatic hydroxyl groups is 1. The highest BCUT2D eigenvalue weighted by molar-refractivity contribution is 6.99. The molecule has 0 spiro atoms. The zero-order valence-electron chi connectivity index (χ0n) is 14.9. The average Bonchev–Trinajstić information content (AvgIpc) is 2.58. The van der Waals surface area contributed by atoms with E-state index < -0.39 is 8.32 Å². The van der Waals surface area contributed by atoms with Gasteiger partial charge in [-0.2, -0.15) is 0 Å². The number of hydrogen-bond acceptors (Lipinski definition) is 2. The van der Waals surface area contributed by atoms with Crippen LogP contribution in [0.2, 0.25) is 5.04 Å². The summed E-state index contributed by atoms with van der Waals surface area (Å²) in [5, 5.41) is 12.6. The molecular weight excluding hydrogens is 312 g/mol. The second-order valence-corrected chi connectivity index (χ2v) is 12.2. The molecule has 1 saturated carbocycles. The van der Waals surface area contributed by atoms with Gasteiger partial charge in [0.1, 0.15) is 0 Å². The normalized spacial score (nSPS) is 21.3. The molecule has 0 bridgehead atoms. The molecule has 128 valence electrons. The summed E-state index contributed by atoms with van der Waals surface area (Å²) in [5.74, 6) is 0.284. The van der Waals surface area contributed by atoms with Gasteiger partial charge in [0, 0.05) is 12.5 Å². The lowest BCUT2D eigenvalue weighted by molar-refractivity contribution is -0.00340. The molecule has 0 amide bonds. The van der Waals surface area contributed by atoms with Gasteiger partial charge in [0.2, 0.25) is 0 Å². The lowest BCUT2D eigenvalue weighted by Crippen LogP contribution is -2.67. The van der Waals surface area contributed by atoms with Gasteiger partial charge in [0.25, 0.3) is 8.32 Å². The van der Waals surface area contributed by atoms with Crippen molar-refractivity contribution in [2.24, 2.45) is 5.92 Å². The molecule has 0 saturated heterocycles. The summed E-state index contributed by atoms with van der Waals surface area (Å²) in [6, 6.07) is 21.4. The van der Waals surface area contributed by atoms with Gasteiger partial charge >= 0.3 is 0 Å². The molecule has 0 aromatic heterocycles. The first-order chi connectivity index (χ1) is 11.4. The van der Waals surface area contributed by atoms with Crippen molar-refractivity contribution in [2.45, 2.75) is 44.8 Å². The summed E-state index contributed by atoms with van der Waals surface area (Å²) in [7, 11) is -2.44. The number of aliphatic hydroxyl groups excluding tert-OH is 1. The van der Waals surface area contributed by atoms with Gasteiger partial charge in [-0.15, -0.1) is 0 Å². The highest BCUT2D eigenvalue weighted by Gasteiger charge is 2.50. The summed E-state index contributed by atoms with van der Waals surface area (Å²) in [5.41, 5.74) is 0. The fraction of sp³-hybridized carbons (Fsp3) is 0.429. The predicted octanol–water partition coefficient (Wildman–Crippen LogP) is 3.33. The molecule has 0 heterocycles. The second-order valence-electron chi connectivity index (χ2n) is 7.88. The maximum absolute atomic E-state index is 9.98. The van der Waals surface area contributed by atoms with Crippen LogP contribution in [0.4, 0.5) is 0 Å². The average molecular weight is 341 g/mol. The fourth-order valence-electron chi connectivity index (χ4n) is 3.74. The third kappa shape index (κ3) is 3.08. The van der Waals surface area contributed by atoms with E-state index in [0.717, 1.165) is 12.8 Å². The molecule has 1 aliphatic rings. The van der Waals surface area contributed by atoms with Gasteiger partial charge < -0.3 is 9.53 Å². The molecule has 1 fully saturated rings. The van der Waals surface area contributed by atoms with Gasteiger partial charge in [-0.1, -0.05) is 81.4 Å². The quantitative estimate of drug-likeness (QED) is 0.846. The zero-order chi connectivity index (χ0) is 17.2. The lowest BCUT2D eigenvalue weighted by Gasteiger charge is -2.45. The van der Waals surface area contributed by atoms with E-state index in [9.17, 15) is 5.11 Å². The van der Waals surface area contributed by atoms with Gasteiger partial charge in [-0.3, -0.25) is 0 Å². The van der Waals surface area contributed by atoms with E-state index in [4.69, 9.17) is 4.43 Å². The smallest absolute Gasteiger partial charge is 0.261 e. The highest BCUT2D eigenvalue weighted by Crippen LogP contribution is 2.38. The Labute approximate surface area is 146 Å². The van der Waals surface area contributed by atoms with Crippen LogP contribution in [0.15, 0.2) is 60.7 Å². The second kappa shape index (κ2) is 6.83. The Morgan fingerprint density at radius 2 is 1.42 bits per heavy atom. The van der Waals surface area contributed by atoms with E-state index in [2.05, 4.69) is 81.4 Å². The van der Waals surface area contributed by atoms with Crippen molar-refractivity contribution in [1.29, 1.82) is 0 Å². The van der Waals surface area contributed by atoms with E-state index in [-0.39, 0.29) is 17.1 Å². The third-order valence-electron chi connectivity index (χ3n) is 5.31. The van der Waals surface area contributed by atoms with Gasteiger partial charge in [0.15, 0.2) is 0 Å². The van der Waals surface area contributed by atoms with Gasteiger partial charge in [0.05, 0.1) is 6.10 Å². The van der Waals surface area contributed by atoms with Crippen LogP contribution >= 0.6 is 0 Å². The van der Waals surface area contributed by atoms with E-state index >= 15 is 0 Å². The van der Waals surface area contributed by atoms with Crippen molar-refractivity contribution in [3.8, 4) is 0 Å². The van der Waals surface area contributed by atoms with E-state index in [1.807, 2.05) is 0 Å². The Kier molecular flexibility index (Phi) is 4.95. The summed E-state index contributed by atoms with van der Waals surface area (Å²) in [6.07, 6.45) is 1.79. The van der Waals surface area contributed by atoms with Crippen LogP contribution in [0.25, 0.3) is 0 Å².